The molecule has 0 radical (unpaired) electrons. The molecule has 7 heteroatoms. The van der Waals surface area contributed by atoms with E-state index in [1.807, 2.05) is 18.2 Å². The summed E-state index contributed by atoms with van der Waals surface area (Å²) in [5.41, 5.74) is 0.732. The van der Waals surface area contributed by atoms with Gasteiger partial charge in [-0.3, -0.25) is 4.79 Å². The first-order valence-corrected chi connectivity index (χ1v) is 7.46. The highest BCUT2D eigenvalue weighted by Gasteiger charge is 2.21. The molecule has 23 heavy (non-hydrogen) atoms. The van der Waals surface area contributed by atoms with Gasteiger partial charge in [-0.15, -0.1) is 0 Å². The maximum Gasteiger partial charge on any atom is 0.326 e. The van der Waals surface area contributed by atoms with Gasteiger partial charge in [-0.25, -0.2) is 9.78 Å². The highest BCUT2D eigenvalue weighted by Crippen LogP contribution is 2.28. The van der Waals surface area contributed by atoms with Gasteiger partial charge in [0.15, 0.2) is 11.7 Å². The van der Waals surface area contributed by atoms with Crippen molar-refractivity contribution in [1.82, 2.24) is 9.88 Å². The third kappa shape index (κ3) is 4.10. The van der Waals surface area contributed by atoms with Crippen LogP contribution in [0.1, 0.15) is 19.2 Å². The van der Waals surface area contributed by atoms with Gasteiger partial charge in [0.05, 0.1) is 11.2 Å². The van der Waals surface area contributed by atoms with E-state index in [2.05, 4.69) is 4.98 Å². The van der Waals surface area contributed by atoms with Crippen LogP contribution in [0.4, 0.5) is 0 Å². The number of halogens is 1. The van der Waals surface area contributed by atoms with E-state index in [0.29, 0.717) is 23.1 Å². The summed E-state index contributed by atoms with van der Waals surface area (Å²) < 4.78 is 5.61. The number of carboxylic acids is 1. The fraction of sp³-hybridized carbons (Fsp3) is 0.312. The van der Waals surface area contributed by atoms with Crippen LogP contribution in [0.15, 0.2) is 34.9 Å². The summed E-state index contributed by atoms with van der Waals surface area (Å²) in [6, 6.07) is 6.37. The lowest BCUT2D eigenvalue weighted by Crippen LogP contribution is -2.40. The van der Waals surface area contributed by atoms with Gasteiger partial charge in [0.1, 0.15) is 6.04 Å². The summed E-state index contributed by atoms with van der Waals surface area (Å²) >= 11 is 6.10. The van der Waals surface area contributed by atoms with Crippen LogP contribution in [0.2, 0.25) is 5.02 Å². The van der Waals surface area contributed by atoms with Gasteiger partial charge in [-0.05, 0) is 19.1 Å². The average molecular weight is 337 g/mol. The number of oxazole rings is 1. The van der Waals surface area contributed by atoms with E-state index in [-0.39, 0.29) is 12.3 Å². The first kappa shape index (κ1) is 17.0. The van der Waals surface area contributed by atoms with E-state index < -0.39 is 12.0 Å². The third-order valence-electron chi connectivity index (χ3n) is 3.58. The zero-order valence-corrected chi connectivity index (χ0v) is 13.6. The van der Waals surface area contributed by atoms with Gasteiger partial charge >= 0.3 is 5.97 Å². The summed E-state index contributed by atoms with van der Waals surface area (Å²) in [6.07, 6.45) is 1.97. The molecule has 122 valence electrons. The quantitative estimate of drug-likeness (QED) is 0.876. The average Bonchev–Trinajstić information content (AvgIpc) is 3.00. The van der Waals surface area contributed by atoms with E-state index in [0.717, 1.165) is 5.56 Å². The molecule has 1 aromatic heterocycles. The van der Waals surface area contributed by atoms with Crippen LogP contribution >= 0.6 is 11.6 Å². The molecule has 0 saturated heterocycles. The number of amides is 1. The number of nitrogens with zero attached hydrogens (tertiary/aromatic N) is 2. The molecular weight excluding hydrogens is 320 g/mol. The predicted octanol–water partition coefficient (Wildman–Crippen LogP) is 2.86. The Labute approximate surface area is 138 Å². The minimum absolute atomic E-state index is 0.122. The minimum atomic E-state index is -1.04. The molecule has 0 aliphatic carbocycles. The number of carbonyl (C=O) groups is 2. The maximum absolute atomic E-state index is 12.0. The van der Waals surface area contributed by atoms with E-state index in [1.165, 1.54) is 18.9 Å². The molecule has 1 amide bonds. The van der Waals surface area contributed by atoms with Crippen LogP contribution in [0, 0.1) is 0 Å². The minimum Gasteiger partial charge on any atom is -0.480 e. The molecule has 1 heterocycles. The first-order chi connectivity index (χ1) is 10.9. The van der Waals surface area contributed by atoms with Gasteiger partial charge in [0.25, 0.3) is 0 Å². The highest BCUT2D eigenvalue weighted by molar-refractivity contribution is 6.33. The van der Waals surface area contributed by atoms with Crippen LogP contribution in [0.5, 0.6) is 0 Å². The second kappa shape index (κ2) is 7.28. The lowest BCUT2D eigenvalue weighted by Gasteiger charge is -2.21. The normalized spacial score (nSPS) is 12.0. The molecule has 1 unspecified atom stereocenters. The van der Waals surface area contributed by atoms with Crippen LogP contribution in [-0.4, -0.2) is 40.0 Å². The monoisotopic (exact) mass is 336 g/mol. The van der Waals surface area contributed by atoms with Crippen LogP contribution < -0.4 is 0 Å². The molecule has 0 fully saturated rings. The number of rotatable bonds is 6. The first-order valence-electron chi connectivity index (χ1n) is 7.08. The summed E-state index contributed by atoms with van der Waals surface area (Å²) in [6.45, 7) is 1.46. The Morgan fingerprint density at radius 3 is 2.74 bits per heavy atom. The zero-order chi connectivity index (χ0) is 17.0. The standard InChI is InChI=1S/C16H17ClN2O4/c1-10(16(21)22)19(2)15(20)8-7-14-18-9-13(23-14)11-5-3-4-6-12(11)17/h3-6,9-10H,7-8H2,1-2H3,(H,21,22). The summed E-state index contributed by atoms with van der Waals surface area (Å²) in [5, 5.41) is 9.46. The van der Waals surface area contributed by atoms with Crippen molar-refractivity contribution >= 4 is 23.5 Å². The molecule has 6 nitrogen and oxygen atoms in total. The highest BCUT2D eigenvalue weighted by atomic mass is 35.5. The molecule has 0 aliphatic rings. The number of hydrogen-bond acceptors (Lipinski definition) is 4. The number of likely N-dealkylation sites (N-methyl/N-ethyl adjacent to an activating group) is 1. The molecule has 0 aliphatic heterocycles. The molecule has 1 N–H and O–H groups in total. The lowest BCUT2D eigenvalue weighted by atomic mass is 10.2. The number of aliphatic carboxylic acids is 1. The largest absolute Gasteiger partial charge is 0.480 e. The number of carboxylic acid groups (broad SMARTS) is 1. The van der Waals surface area contributed by atoms with Crippen molar-refractivity contribution in [2.45, 2.75) is 25.8 Å². The number of carbonyl (C=O) groups excluding carboxylic acids is 1. The van der Waals surface area contributed by atoms with Crippen molar-refractivity contribution in [3.8, 4) is 11.3 Å². The number of aryl methyl sites for hydroxylation is 1. The molecule has 2 rings (SSSR count). The predicted molar refractivity (Wildman–Crippen MR) is 85.1 cm³/mol. The van der Waals surface area contributed by atoms with Gasteiger partial charge in [-0.1, -0.05) is 23.7 Å². The smallest absolute Gasteiger partial charge is 0.326 e. The zero-order valence-electron chi connectivity index (χ0n) is 12.8. The number of hydrogen-bond donors (Lipinski definition) is 1. The van der Waals surface area contributed by atoms with Crippen molar-refractivity contribution in [2.24, 2.45) is 0 Å². The van der Waals surface area contributed by atoms with Gasteiger partial charge in [-0.2, -0.15) is 0 Å². The number of aromatic nitrogens is 1. The second-order valence-corrected chi connectivity index (χ2v) is 5.52. The molecule has 2 aromatic rings. The maximum atomic E-state index is 12.0. The van der Waals surface area contributed by atoms with Crippen molar-refractivity contribution in [3.05, 3.63) is 41.4 Å². The van der Waals surface area contributed by atoms with Crippen LogP contribution in [0.25, 0.3) is 11.3 Å². The van der Waals surface area contributed by atoms with Crippen LogP contribution in [0.3, 0.4) is 0 Å². The van der Waals surface area contributed by atoms with Crippen molar-refractivity contribution < 1.29 is 19.1 Å². The third-order valence-corrected chi connectivity index (χ3v) is 3.91. The second-order valence-electron chi connectivity index (χ2n) is 5.12. The Hall–Kier alpha value is -2.34. The van der Waals surface area contributed by atoms with Crippen LogP contribution in [-0.2, 0) is 16.0 Å². The van der Waals surface area contributed by atoms with Crippen molar-refractivity contribution in [3.63, 3.8) is 0 Å². The van der Waals surface area contributed by atoms with Gasteiger partial charge in [0.2, 0.25) is 5.91 Å². The Balaban J connectivity index is 1.99. The molecule has 0 bridgehead atoms. The fourth-order valence-corrected chi connectivity index (χ4v) is 2.21. The fourth-order valence-electron chi connectivity index (χ4n) is 1.98. The topological polar surface area (TPSA) is 83.6 Å². The van der Waals surface area contributed by atoms with Gasteiger partial charge in [0, 0.05) is 25.5 Å². The van der Waals surface area contributed by atoms with E-state index in [4.69, 9.17) is 21.1 Å². The molecular formula is C16H17ClN2O4. The Bertz CT molecular complexity index is 714. The molecule has 0 saturated carbocycles. The van der Waals surface area contributed by atoms with Crippen molar-refractivity contribution in [1.29, 1.82) is 0 Å². The van der Waals surface area contributed by atoms with Crippen molar-refractivity contribution in [2.75, 3.05) is 7.05 Å². The van der Waals surface area contributed by atoms with E-state index in [9.17, 15) is 9.59 Å². The molecule has 1 atom stereocenters. The Kier molecular flexibility index (Phi) is 5.39. The summed E-state index contributed by atoms with van der Waals surface area (Å²) in [5.74, 6) is -0.384. The van der Waals surface area contributed by atoms with E-state index >= 15 is 0 Å². The Morgan fingerprint density at radius 2 is 2.09 bits per heavy atom. The van der Waals surface area contributed by atoms with E-state index in [1.54, 1.807) is 12.3 Å². The molecule has 1 aromatic carbocycles. The summed E-state index contributed by atoms with van der Waals surface area (Å²) in [4.78, 5) is 28.2. The SMILES string of the molecule is CC(C(=O)O)N(C)C(=O)CCc1ncc(-c2ccccc2Cl)o1. The Morgan fingerprint density at radius 1 is 1.39 bits per heavy atom. The summed E-state index contributed by atoms with van der Waals surface area (Å²) in [7, 11) is 1.46. The number of benzene rings is 1. The lowest BCUT2D eigenvalue weighted by molar-refractivity contribution is -0.148. The molecule has 0 spiro atoms. The van der Waals surface area contributed by atoms with Gasteiger partial charge < -0.3 is 14.4 Å².